The first kappa shape index (κ1) is 21.5. The fourth-order valence-electron chi connectivity index (χ4n) is 3.20. The molecule has 0 heterocycles. The number of nitrogens with zero attached hydrogens (tertiary/aromatic N) is 1. The second-order valence-corrected chi connectivity index (χ2v) is 6.79. The Labute approximate surface area is 167 Å². The Morgan fingerprint density at radius 2 is 1.75 bits per heavy atom. The molecule has 0 aliphatic carbocycles. The number of carbonyl (C=O) groups is 2. The number of nitrogens with one attached hydrogen (secondary N) is 1. The zero-order chi connectivity index (χ0) is 20.5. The molecule has 2 aromatic carbocycles. The van der Waals surface area contributed by atoms with Crippen molar-refractivity contribution in [1.82, 2.24) is 10.2 Å². The topological polar surface area (TPSA) is 58.6 Å². The number of methoxy groups -OCH3 is 1. The normalized spacial score (nSPS) is 11.6. The average Bonchev–Trinajstić information content (AvgIpc) is 2.70. The zero-order valence-corrected chi connectivity index (χ0v) is 17.2. The summed E-state index contributed by atoms with van der Waals surface area (Å²) in [7, 11) is 1.61. The molecule has 0 radical (unpaired) electrons. The van der Waals surface area contributed by atoms with Gasteiger partial charge in [0.25, 0.3) is 0 Å². The number of likely N-dealkylation sites (N-methyl/N-ethyl adjacent to an activating group) is 1. The van der Waals surface area contributed by atoms with Crippen LogP contribution in [0, 0.1) is 6.92 Å². The minimum Gasteiger partial charge on any atom is -0.497 e. The fraction of sp³-hybridized carbons (Fsp3) is 0.391. The third kappa shape index (κ3) is 5.59. The van der Waals surface area contributed by atoms with Crippen LogP contribution in [0.5, 0.6) is 5.75 Å². The van der Waals surface area contributed by atoms with Gasteiger partial charge in [-0.15, -0.1) is 0 Å². The molecule has 0 saturated heterocycles. The summed E-state index contributed by atoms with van der Waals surface area (Å²) in [5.74, 6) is 0.579. The first-order valence-corrected chi connectivity index (χ1v) is 9.74. The van der Waals surface area contributed by atoms with Crippen LogP contribution < -0.4 is 10.1 Å². The number of carbonyl (C=O) groups excluding carboxylic acids is 2. The average molecular weight is 383 g/mol. The molecule has 0 aliphatic heterocycles. The molecule has 1 atom stereocenters. The molecule has 5 nitrogen and oxygen atoms in total. The molecular formula is C23H30N2O3. The molecule has 5 heteroatoms. The van der Waals surface area contributed by atoms with E-state index in [0.29, 0.717) is 19.5 Å². The molecule has 0 aliphatic rings. The lowest BCUT2D eigenvalue weighted by Gasteiger charge is -2.31. The second-order valence-electron chi connectivity index (χ2n) is 6.79. The third-order valence-electron chi connectivity index (χ3n) is 4.85. The van der Waals surface area contributed by atoms with Gasteiger partial charge in [-0.1, -0.05) is 43.3 Å². The molecule has 0 saturated carbocycles. The molecule has 2 amide bonds. The van der Waals surface area contributed by atoms with E-state index in [1.54, 1.807) is 12.0 Å². The molecule has 2 aromatic rings. The van der Waals surface area contributed by atoms with Gasteiger partial charge in [-0.2, -0.15) is 0 Å². The summed E-state index contributed by atoms with van der Waals surface area (Å²) in [5.41, 5.74) is 3.05. The van der Waals surface area contributed by atoms with E-state index >= 15 is 0 Å². The van der Waals surface area contributed by atoms with E-state index in [1.165, 1.54) is 0 Å². The number of rotatable bonds is 9. The summed E-state index contributed by atoms with van der Waals surface area (Å²) >= 11 is 0. The molecule has 0 aromatic heterocycles. The lowest BCUT2D eigenvalue weighted by atomic mass is 10.0. The number of hydrogen-bond acceptors (Lipinski definition) is 3. The molecule has 1 unspecified atom stereocenters. The molecular weight excluding hydrogens is 352 g/mol. The van der Waals surface area contributed by atoms with E-state index in [-0.39, 0.29) is 18.2 Å². The van der Waals surface area contributed by atoms with Crippen LogP contribution in [-0.2, 0) is 22.6 Å². The minimum atomic E-state index is -0.495. The van der Waals surface area contributed by atoms with Crippen LogP contribution in [0.1, 0.15) is 37.0 Å². The Morgan fingerprint density at radius 1 is 1.07 bits per heavy atom. The van der Waals surface area contributed by atoms with Gasteiger partial charge in [0.15, 0.2) is 0 Å². The Balaban J connectivity index is 2.28. The van der Waals surface area contributed by atoms with Gasteiger partial charge in [0.1, 0.15) is 11.8 Å². The zero-order valence-electron chi connectivity index (χ0n) is 17.2. The number of amides is 2. The van der Waals surface area contributed by atoms with E-state index in [1.807, 2.05) is 69.3 Å². The van der Waals surface area contributed by atoms with E-state index in [2.05, 4.69) is 5.32 Å². The van der Waals surface area contributed by atoms with Gasteiger partial charge in [0.05, 0.1) is 13.5 Å². The highest BCUT2D eigenvalue weighted by Gasteiger charge is 2.28. The fourth-order valence-corrected chi connectivity index (χ4v) is 3.20. The van der Waals surface area contributed by atoms with E-state index in [9.17, 15) is 9.59 Å². The van der Waals surface area contributed by atoms with Crippen molar-refractivity contribution in [1.29, 1.82) is 0 Å². The Hall–Kier alpha value is -2.82. The summed E-state index contributed by atoms with van der Waals surface area (Å²) in [6.45, 7) is 6.80. The minimum absolute atomic E-state index is 0.0634. The molecule has 1 N–H and O–H groups in total. The van der Waals surface area contributed by atoms with Crippen molar-refractivity contribution in [3.8, 4) is 5.75 Å². The molecule has 0 bridgehead atoms. The molecule has 150 valence electrons. The summed E-state index contributed by atoms with van der Waals surface area (Å²) in [4.78, 5) is 27.5. The van der Waals surface area contributed by atoms with Crippen LogP contribution in [0.3, 0.4) is 0 Å². The number of hydrogen-bond donors (Lipinski definition) is 1. The van der Waals surface area contributed by atoms with Gasteiger partial charge in [-0.25, -0.2) is 0 Å². The van der Waals surface area contributed by atoms with Crippen LogP contribution in [-0.4, -0.2) is 36.4 Å². The van der Waals surface area contributed by atoms with Crippen molar-refractivity contribution in [3.05, 3.63) is 65.2 Å². The van der Waals surface area contributed by atoms with E-state index in [0.717, 1.165) is 22.4 Å². The first-order chi connectivity index (χ1) is 13.5. The number of ether oxygens (including phenoxy) is 1. The van der Waals surface area contributed by atoms with Gasteiger partial charge >= 0.3 is 0 Å². The van der Waals surface area contributed by atoms with Crippen LogP contribution in [0.4, 0.5) is 0 Å². The SMILES string of the molecule is CCNC(=O)C(CC)N(Cc1ccccc1C)C(=O)Cc1ccc(OC)cc1. The van der Waals surface area contributed by atoms with Gasteiger partial charge < -0.3 is 15.0 Å². The smallest absolute Gasteiger partial charge is 0.242 e. The monoisotopic (exact) mass is 382 g/mol. The van der Waals surface area contributed by atoms with Crippen LogP contribution in [0.15, 0.2) is 48.5 Å². The predicted molar refractivity (Wildman–Crippen MR) is 111 cm³/mol. The molecule has 2 rings (SSSR count). The number of benzene rings is 2. The van der Waals surface area contributed by atoms with Gasteiger partial charge in [-0.05, 0) is 49.1 Å². The van der Waals surface area contributed by atoms with Crippen molar-refractivity contribution in [2.75, 3.05) is 13.7 Å². The maximum absolute atomic E-state index is 13.2. The highest BCUT2D eigenvalue weighted by atomic mass is 16.5. The molecule has 0 spiro atoms. The maximum atomic E-state index is 13.2. The Kier molecular flexibility index (Phi) is 8.05. The summed E-state index contributed by atoms with van der Waals surface area (Å²) in [5, 5.41) is 2.86. The molecule has 0 fully saturated rings. The van der Waals surface area contributed by atoms with Crippen molar-refractivity contribution in [2.45, 2.75) is 46.2 Å². The summed E-state index contributed by atoms with van der Waals surface area (Å²) < 4.78 is 5.18. The van der Waals surface area contributed by atoms with E-state index < -0.39 is 6.04 Å². The first-order valence-electron chi connectivity index (χ1n) is 9.74. The van der Waals surface area contributed by atoms with Gasteiger partial charge in [-0.3, -0.25) is 9.59 Å². The van der Waals surface area contributed by atoms with Gasteiger partial charge in [0.2, 0.25) is 11.8 Å². The highest BCUT2D eigenvalue weighted by Crippen LogP contribution is 2.18. The molecule has 28 heavy (non-hydrogen) atoms. The predicted octanol–water partition coefficient (Wildman–Crippen LogP) is 3.49. The summed E-state index contributed by atoms with van der Waals surface area (Å²) in [6, 6.07) is 14.9. The van der Waals surface area contributed by atoms with Crippen molar-refractivity contribution < 1.29 is 14.3 Å². The van der Waals surface area contributed by atoms with E-state index in [4.69, 9.17) is 4.74 Å². The standard InChI is InChI=1S/C23H30N2O3/c1-5-21(23(27)24-6-2)25(16-19-10-8-7-9-17(19)3)22(26)15-18-11-13-20(28-4)14-12-18/h7-14,21H,5-6,15-16H2,1-4H3,(H,24,27). The largest absolute Gasteiger partial charge is 0.497 e. The van der Waals surface area contributed by atoms with Crippen LogP contribution >= 0.6 is 0 Å². The van der Waals surface area contributed by atoms with Crippen LogP contribution in [0.25, 0.3) is 0 Å². The second kappa shape index (κ2) is 10.5. The van der Waals surface area contributed by atoms with Crippen molar-refractivity contribution in [2.24, 2.45) is 0 Å². The quantitative estimate of drug-likeness (QED) is 0.722. The highest BCUT2D eigenvalue weighted by molar-refractivity contribution is 5.88. The summed E-state index contributed by atoms with van der Waals surface area (Å²) in [6.07, 6.45) is 0.803. The van der Waals surface area contributed by atoms with Gasteiger partial charge in [0, 0.05) is 13.1 Å². The van der Waals surface area contributed by atoms with Crippen molar-refractivity contribution >= 4 is 11.8 Å². The maximum Gasteiger partial charge on any atom is 0.242 e. The number of aryl methyl sites for hydroxylation is 1. The van der Waals surface area contributed by atoms with Crippen LogP contribution in [0.2, 0.25) is 0 Å². The van der Waals surface area contributed by atoms with Crippen molar-refractivity contribution in [3.63, 3.8) is 0 Å². The Morgan fingerprint density at radius 3 is 2.32 bits per heavy atom. The third-order valence-corrected chi connectivity index (χ3v) is 4.85. The lowest BCUT2D eigenvalue weighted by Crippen LogP contribution is -2.49. The lowest BCUT2D eigenvalue weighted by molar-refractivity contribution is -0.140. The Bertz CT molecular complexity index is 787.